The van der Waals surface area contributed by atoms with Gasteiger partial charge in [0.2, 0.25) is 0 Å². The van der Waals surface area contributed by atoms with Gasteiger partial charge in [0.05, 0.1) is 36.0 Å². The first-order valence-corrected chi connectivity index (χ1v) is 9.93. The van der Waals surface area contributed by atoms with E-state index in [1.54, 1.807) is 6.92 Å². The van der Waals surface area contributed by atoms with Gasteiger partial charge in [0.1, 0.15) is 5.69 Å². The van der Waals surface area contributed by atoms with Crippen LogP contribution in [0.1, 0.15) is 34.3 Å². The Morgan fingerprint density at radius 3 is 2.78 bits per heavy atom. The molecule has 4 heterocycles. The van der Waals surface area contributed by atoms with Crippen molar-refractivity contribution in [1.82, 2.24) is 25.1 Å². The van der Waals surface area contributed by atoms with Crippen molar-refractivity contribution in [2.24, 2.45) is 0 Å². The van der Waals surface area contributed by atoms with Crippen molar-refractivity contribution in [2.75, 3.05) is 6.61 Å². The first-order valence-electron chi connectivity index (χ1n) is 9.93. The van der Waals surface area contributed by atoms with E-state index in [-0.39, 0.29) is 13.2 Å². The standard InChI is InChI=1S/C22H18F3N5O2/c1-11-19-12(2)29-30(20(19)14-5-3-4-6-16(14)27-11)21(31)28-17-10-32-9-13-7-18(22(23,24)25)26-8-15(13)17/h3-8,17H,9-10H2,1-2H3,(H,28,31)/t17-/m0/s1. The van der Waals surface area contributed by atoms with Crippen LogP contribution in [0.25, 0.3) is 21.8 Å². The van der Waals surface area contributed by atoms with Crippen molar-refractivity contribution in [3.8, 4) is 0 Å². The Balaban J connectivity index is 1.55. The van der Waals surface area contributed by atoms with Crippen LogP contribution in [-0.2, 0) is 17.5 Å². The van der Waals surface area contributed by atoms with Crippen LogP contribution in [0.2, 0.25) is 0 Å². The molecule has 0 saturated heterocycles. The fourth-order valence-corrected chi connectivity index (χ4v) is 4.17. The molecule has 0 saturated carbocycles. The molecule has 0 bridgehead atoms. The Morgan fingerprint density at radius 2 is 2.00 bits per heavy atom. The monoisotopic (exact) mass is 441 g/mol. The number of halogens is 3. The van der Waals surface area contributed by atoms with E-state index in [2.05, 4.69) is 20.4 Å². The number of para-hydroxylation sites is 1. The van der Waals surface area contributed by atoms with Gasteiger partial charge in [-0.2, -0.15) is 23.0 Å². The van der Waals surface area contributed by atoms with Crippen LogP contribution < -0.4 is 5.32 Å². The zero-order chi connectivity index (χ0) is 22.6. The van der Waals surface area contributed by atoms with Crippen LogP contribution in [0.4, 0.5) is 18.0 Å². The molecular weight excluding hydrogens is 423 g/mol. The topological polar surface area (TPSA) is 81.9 Å². The molecule has 164 valence electrons. The third-order valence-electron chi connectivity index (χ3n) is 5.59. The fraction of sp³-hybridized carbons (Fsp3) is 0.273. The van der Waals surface area contributed by atoms with Crippen LogP contribution >= 0.6 is 0 Å². The lowest BCUT2D eigenvalue weighted by Crippen LogP contribution is -2.37. The third-order valence-corrected chi connectivity index (χ3v) is 5.59. The average Bonchev–Trinajstić information content (AvgIpc) is 3.11. The predicted octanol–water partition coefficient (Wildman–Crippen LogP) is 4.44. The number of nitrogens with zero attached hydrogens (tertiary/aromatic N) is 4. The number of hydrogen-bond donors (Lipinski definition) is 1. The lowest BCUT2D eigenvalue weighted by molar-refractivity contribution is -0.141. The molecule has 1 amide bonds. The number of hydrogen-bond acceptors (Lipinski definition) is 5. The molecule has 0 fully saturated rings. The second-order valence-corrected chi connectivity index (χ2v) is 7.72. The number of carbonyl (C=O) groups is 1. The molecule has 0 unspecified atom stereocenters. The van der Waals surface area contributed by atoms with Crippen molar-refractivity contribution in [3.63, 3.8) is 0 Å². The molecule has 1 aliphatic rings. The Bertz CT molecular complexity index is 1380. The van der Waals surface area contributed by atoms with Crippen LogP contribution in [0, 0.1) is 13.8 Å². The van der Waals surface area contributed by atoms with Gasteiger partial charge in [0.15, 0.2) is 0 Å². The number of amides is 1. The van der Waals surface area contributed by atoms with Gasteiger partial charge in [-0.15, -0.1) is 0 Å². The van der Waals surface area contributed by atoms with Crippen LogP contribution in [-0.4, -0.2) is 32.4 Å². The van der Waals surface area contributed by atoms with E-state index < -0.39 is 23.9 Å². The summed E-state index contributed by atoms with van der Waals surface area (Å²) in [5, 5.41) is 8.83. The second-order valence-electron chi connectivity index (χ2n) is 7.72. The number of rotatable bonds is 1. The molecule has 0 spiro atoms. The van der Waals surface area contributed by atoms with Gasteiger partial charge in [0, 0.05) is 28.2 Å². The number of fused-ring (bicyclic) bond motifs is 4. The molecule has 3 aromatic heterocycles. The minimum Gasteiger partial charge on any atom is -0.374 e. The highest BCUT2D eigenvalue weighted by atomic mass is 19.4. The van der Waals surface area contributed by atoms with E-state index in [1.807, 2.05) is 31.2 Å². The summed E-state index contributed by atoms with van der Waals surface area (Å²) in [6.07, 6.45) is -3.40. The number of aromatic nitrogens is 4. The number of benzene rings is 1. The molecule has 1 aliphatic heterocycles. The van der Waals surface area contributed by atoms with Gasteiger partial charge in [0.25, 0.3) is 0 Å². The summed E-state index contributed by atoms with van der Waals surface area (Å²) in [6.45, 7) is 3.80. The van der Waals surface area contributed by atoms with Crippen molar-refractivity contribution in [1.29, 1.82) is 0 Å². The number of carbonyl (C=O) groups excluding carboxylic acids is 1. The smallest absolute Gasteiger partial charge is 0.374 e. The molecule has 0 radical (unpaired) electrons. The summed E-state index contributed by atoms with van der Waals surface area (Å²) in [5.41, 5.74) is 2.62. The molecule has 0 aliphatic carbocycles. The number of alkyl halides is 3. The van der Waals surface area contributed by atoms with E-state index in [1.165, 1.54) is 4.68 Å². The summed E-state index contributed by atoms with van der Waals surface area (Å²) in [5.74, 6) is 0. The lowest BCUT2D eigenvalue weighted by atomic mass is 10.0. The molecule has 7 nitrogen and oxygen atoms in total. The van der Waals surface area contributed by atoms with E-state index in [0.717, 1.165) is 34.2 Å². The normalized spacial score (nSPS) is 16.3. The van der Waals surface area contributed by atoms with Crippen LogP contribution in [0.5, 0.6) is 0 Å². The highest BCUT2D eigenvalue weighted by molar-refractivity contribution is 6.08. The van der Waals surface area contributed by atoms with Crippen LogP contribution in [0.15, 0.2) is 36.5 Å². The maximum absolute atomic E-state index is 13.2. The summed E-state index contributed by atoms with van der Waals surface area (Å²) in [6, 6.07) is 7.25. The first kappa shape index (κ1) is 20.4. The first-order chi connectivity index (χ1) is 15.2. The highest BCUT2D eigenvalue weighted by Crippen LogP contribution is 2.33. The Hall–Kier alpha value is -3.53. The summed E-state index contributed by atoms with van der Waals surface area (Å²) < 4.78 is 45.8. The minimum absolute atomic E-state index is 0.0205. The van der Waals surface area contributed by atoms with E-state index >= 15 is 0 Å². The Labute approximate surface area is 180 Å². The Kier molecular flexibility index (Phi) is 4.63. The SMILES string of the molecule is Cc1nc2ccccc2c2c1c(C)nn2C(=O)N[C@H]1COCc2cc(C(F)(F)F)ncc21. The molecule has 1 atom stereocenters. The van der Waals surface area contributed by atoms with Crippen molar-refractivity contribution < 1.29 is 22.7 Å². The van der Waals surface area contributed by atoms with Gasteiger partial charge >= 0.3 is 12.2 Å². The van der Waals surface area contributed by atoms with Crippen molar-refractivity contribution in [3.05, 3.63) is 64.7 Å². The average molecular weight is 441 g/mol. The van der Waals surface area contributed by atoms with Crippen molar-refractivity contribution >= 4 is 27.8 Å². The summed E-state index contributed by atoms with van der Waals surface area (Å²) in [4.78, 5) is 21.4. The summed E-state index contributed by atoms with van der Waals surface area (Å²) in [7, 11) is 0. The fourth-order valence-electron chi connectivity index (χ4n) is 4.17. The van der Waals surface area contributed by atoms with Gasteiger partial charge in [-0.1, -0.05) is 18.2 Å². The van der Waals surface area contributed by atoms with E-state index in [9.17, 15) is 18.0 Å². The second kappa shape index (κ2) is 7.27. The van der Waals surface area contributed by atoms with Gasteiger partial charge in [-0.05, 0) is 31.5 Å². The lowest BCUT2D eigenvalue weighted by Gasteiger charge is -2.26. The molecular formula is C22H18F3N5O2. The number of nitrogens with one attached hydrogen (secondary N) is 1. The molecule has 1 N–H and O–H groups in total. The van der Waals surface area contributed by atoms with E-state index in [0.29, 0.717) is 22.3 Å². The van der Waals surface area contributed by atoms with Crippen LogP contribution in [0.3, 0.4) is 0 Å². The van der Waals surface area contributed by atoms with Gasteiger partial charge in [-0.25, -0.2) is 4.79 Å². The minimum atomic E-state index is -4.55. The number of aryl methyl sites for hydroxylation is 2. The number of pyridine rings is 2. The molecule has 4 aromatic rings. The zero-order valence-electron chi connectivity index (χ0n) is 17.2. The molecule has 1 aromatic carbocycles. The largest absolute Gasteiger partial charge is 0.433 e. The number of ether oxygens (including phenoxy) is 1. The third kappa shape index (κ3) is 3.27. The van der Waals surface area contributed by atoms with Gasteiger partial charge in [-0.3, -0.25) is 9.97 Å². The maximum Gasteiger partial charge on any atom is 0.433 e. The van der Waals surface area contributed by atoms with Crippen molar-refractivity contribution in [2.45, 2.75) is 32.7 Å². The molecule has 32 heavy (non-hydrogen) atoms. The summed E-state index contributed by atoms with van der Waals surface area (Å²) >= 11 is 0. The van der Waals surface area contributed by atoms with Gasteiger partial charge < -0.3 is 10.1 Å². The zero-order valence-corrected chi connectivity index (χ0v) is 17.2. The van der Waals surface area contributed by atoms with E-state index in [4.69, 9.17) is 4.74 Å². The Morgan fingerprint density at radius 1 is 1.22 bits per heavy atom. The maximum atomic E-state index is 13.2. The highest BCUT2D eigenvalue weighted by Gasteiger charge is 2.34. The molecule has 10 heteroatoms. The predicted molar refractivity (Wildman–Crippen MR) is 110 cm³/mol. The quantitative estimate of drug-likeness (QED) is 0.472. The molecule has 5 rings (SSSR count).